The minimum absolute atomic E-state index is 0.311. The fourth-order valence-corrected chi connectivity index (χ4v) is 3.19. The van der Waals surface area contributed by atoms with Gasteiger partial charge in [0.15, 0.2) is 0 Å². The van der Waals surface area contributed by atoms with Gasteiger partial charge >= 0.3 is 0 Å². The predicted molar refractivity (Wildman–Crippen MR) is 91.3 cm³/mol. The third kappa shape index (κ3) is 2.32. The molecule has 114 valence electrons. The van der Waals surface area contributed by atoms with E-state index < -0.39 is 0 Å². The molecule has 0 atom stereocenters. The van der Waals surface area contributed by atoms with Crippen molar-refractivity contribution in [1.82, 2.24) is 9.97 Å². The Hall–Kier alpha value is -2.88. The highest BCUT2D eigenvalue weighted by atomic mass is 16.5. The minimum atomic E-state index is 0.311. The summed E-state index contributed by atoms with van der Waals surface area (Å²) in [6.07, 6.45) is 1.85. The lowest BCUT2D eigenvalue weighted by molar-refractivity contribution is 0.414. The summed E-state index contributed by atoms with van der Waals surface area (Å²) in [5.41, 5.74) is 12.5. The van der Waals surface area contributed by atoms with Crippen LogP contribution in [0.1, 0.15) is 11.1 Å². The zero-order chi connectivity index (χ0) is 15.8. The Balaban J connectivity index is 1.94. The predicted octanol–water partition coefficient (Wildman–Crippen LogP) is 3.50. The first-order valence-corrected chi connectivity index (χ1v) is 7.65. The summed E-state index contributed by atoms with van der Waals surface area (Å²) in [6.45, 7) is 0. The van der Waals surface area contributed by atoms with E-state index in [1.165, 1.54) is 11.1 Å². The molecular weight excluding hydrogens is 286 g/mol. The average molecular weight is 303 g/mol. The van der Waals surface area contributed by atoms with Crippen molar-refractivity contribution in [3.63, 3.8) is 0 Å². The number of fused-ring (bicyclic) bond motifs is 3. The van der Waals surface area contributed by atoms with E-state index in [0.29, 0.717) is 5.95 Å². The van der Waals surface area contributed by atoms with Crippen LogP contribution in [0.2, 0.25) is 0 Å². The maximum absolute atomic E-state index is 5.99. The van der Waals surface area contributed by atoms with Gasteiger partial charge in [-0.3, -0.25) is 0 Å². The average Bonchev–Trinajstić information content (AvgIpc) is 2.61. The van der Waals surface area contributed by atoms with Crippen molar-refractivity contribution < 1.29 is 4.74 Å². The van der Waals surface area contributed by atoms with E-state index >= 15 is 0 Å². The third-order valence-corrected chi connectivity index (χ3v) is 4.28. The number of aryl methyl sites for hydroxylation is 1. The fraction of sp³-hybridized carbons (Fsp3) is 0.158. The topological polar surface area (TPSA) is 61.0 Å². The summed E-state index contributed by atoms with van der Waals surface area (Å²) in [6, 6.07) is 16.3. The Bertz CT molecular complexity index is 875. The first-order valence-electron chi connectivity index (χ1n) is 7.65. The Morgan fingerprint density at radius 2 is 1.74 bits per heavy atom. The molecule has 0 radical (unpaired) electrons. The lowest BCUT2D eigenvalue weighted by Gasteiger charge is -2.22. The minimum Gasteiger partial charge on any atom is -0.497 e. The van der Waals surface area contributed by atoms with E-state index in [2.05, 4.69) is 34.2 Å². The van der Waals surface area contributed by atoms with Crippen molar-refractivity contribution in [3.8, 4) is 28.3 Å². The van der Waals surface area contributed by atoms with Crippen LogP contribution in [0.15, 0.2) is 48.5 Å². The van der Waals surface area contributed by atoms with Crippen molar-refractivity contribution >= 4 is 5.95 Å². The molecule has 0 fully saturated rings. The number of hydrogen-bond donors (Lipinski definition) is 1. The molecule has 2 aromatic carbocycles. The van der Waals surface area contributed by atoms with Gasteiger partial charge in [-0.05, 0) is 36.6 Å². The van der Waals surface area contributed by atoms with Gasteiger partial charge in [-0.1, -0.05) is 30.3 Å². The van der Waals surface area contributed by atoms with Crippen molar-refractivity contribution in [2.45, 2.75) is 12.8 Å². The number of hydrogen-bond acceptors (Lipinski definition) is 4. The van der Waals surface area contributed by atoms with Gasteiger partial charge in [0, 0.05) is 16.7 Å². The molecule has 1 aromatic heterocycles. The summed E-state index contributed by atoms with van der Waals surface area (Å²) in [5.74, 6) is 1.18. The monoisotopic (exact) mass is 303 g/mol. The summed E-state index contributed by atoms with van der Waals surface area (Å²) < 4.78 is 5.33. The number of anilines is 1. The highest BCUT2D eigenvalue weighted by Gasteiger charge is 2.23. The van der Waals surface area contributed by atoms with Crippen LogP contribution in [0, 0.1) is 0 Å². The van der Waals surface area contributed by atoms with Gasteiger partial charge in [0.2, 0.25) is 5.95 Å². The molecule has 4 rings (SSSR count). The van der Waals surface area contributed by atoms with Crippen molar-refractivity contribution in [1.29, 1.82) is 0 Å². The highest BCUT2D eigenvalue weighted by molar-refractivity contribution is 5.78. The summed E-state index contributed by atoms with van der Waals surface area (Å²) in [7, 11) is 1.69. The van der Waals surface area contributed by atoms with Gasteiger partial charge in [-0.15, -0.1) is 0 Å². The maximum Gasteiger partial charge on any atom is 0.221 e. The van der Waals surface area contributed by atoms with Crippen LogP contribution < -0.4 is 10.5 Å². The molecule has 0 saturated carbocycles. The van der Waals surface area contributed by atoms with Crippen LogP contribution in [0.4, 0.5) is 5.95 Å². The molecule has 1 aliphatic rings. The molecule has 1 aliphatic carbocycles. The second-order valence-electron chi connectivity index (χ2n) is 5.65. The van der Waals surface area contributed by atoms with Crippen LogP contribution in [0.25, 0.3) is 22.5 Å². The van der Waals surface area contributed by atoms with Crippen molar-refractivity contribution in [2.24, 2.45) is 0 Å². The van der Waals surface area contributed by atoms with E-state index in [-0.39, 0.29) is 0 Å². The largest absolute Gasteiger partial charge is 0.497 e. The molecule has 4 nitrogen and oxygen atoms in total. The highest BCUT2D eigenvalue weighted by Crippen LogP contribution is 2.38. The van der Waals surface area contributed by atoms with Gasteiger partial charge < -0.3 is 10.5 Å². The molecule has 23 heavy (non-hydrogen) atoms. The normalized spacial score (nSPS) is 12.4. The third-order valence-electron chi connectivity index (χ3n) is 4.28. The Kier molecular flexibility index (Phi) is 3.23. The van der Waals surface area contributed by atoms with Crippen molar-refractivity contribution in [2.75, 3.05) is 12.8 Å². The van der Waals surface area contributed by atoms with Crippen LogP contribution >= 0.6 is 0 Å². The fourth-order valence-electron chi connectivity index (χ4n) is 3.19. The van der Waals surface area contributed by atoms with Crippen LogP contribution in [-0.4, -0.2) is 17.1 Å². The summed E-state index contributed by atoms with van der Waals surface area (Å²) >= 11 is 0. The molecule has 2 N–H and O–H groups in total. The molecule has 0 aliphatic heterocycles. The molecule has 0 amide bonds. The molecule has 4 heteroatoms. The van der Waals surface area contributed by atoms with E-state index in [4.69, 9.17) is 10.5 Å². The zero-order valence-corrected chi connectivity index (χ0v) is 12.9. The SMILES string of the molecule is COc1ccc2c(c1)CCc1c(-c3ccccc3)nc(N)nc1-2. The van der Waals surface area contributed by atoms with Crippen LogP contribution in [-0.2, 0) is 12.8 Å². The number of aromatic nitrogens is 2. The molecule has 1 heterocycles. The molecule has 0 spiro atoms. The number of benzene rings is 2. The van der Waals surface area contributed by atoms with Gasteiger partial charge in [0.05, 0.1) is 18.5 Å². The Labute approximate surface area is 135 Å². The zero-order valence-electron chi connectivity index (χ0n) is 12.9. The number of nitrogen functional groups attached to an aromatic ring is 1. The second-order valence-corrected chi connectivity index (χ2v) is 5.65. The molecular formula is C19H17N3O. The second kappa shape index (κ2) is 5.39. The summed E-state index contributed by atoms with van der Waals surface area (Å²) in [5, 5.41) is 0. The lowest BCUT2D eigenvalue weighted by atomic mass is 9.87. The number of methoxy groups -OCH3 is 1. The van der Waals surface area contributed by atoms with E-state index in [0.717, 1.165) is 41.1 Å². The van der Waals surface area contributed by atoms with Gasteiger partial charge in [-0.2, -0.15) is 0 Å². The summed E-state index contributed by atoms with van der Waals surface area (Å²) in [4.78, 5) is 9.03. The molecule has 0 bridgehead atoms. The number of nitrogens with zero attached hydrogens (tertiary/aromatic N) is 2. The molecule has 0 saturated heterocycles. The Morgan fingerprint density at radius 3 is 2.52 bits per heavy atom. The number of rotatable bonds is 2. The maximum atomic E-state index is 5.99. The first-order chi connectivity index (χ1) is 11.3. The van der Waals surface area contributed by atoms with Gasteiger partial charge in [-0.25, -0.2) is 9.97 Å². The van der Waals surface area contributed by atoms with Crippen molar-refractivity contribution in [3.05, 3.63) is 59.7 Å². The van der Waals surface area contributed by atoms with Gasteiger partial charge in [0.25, 0.3) is 0 Å². The quantitative estimate of drug-likeness (QED) is 0.787. The Morgan fingerprint density at radius 1 is 0.957 bits per heavy atom. The lowest BCUT2D eigenvalue weighted by Crippen LogP contribution is -2.11. The van der Waals surface area contributed by atoms with Crippen LogP contribution in [0.3, 0.4) is 0 Å². The first kappa shape index (κ1) is 13.8. The number of nitrogens with two attached hydrogens (primary N) is 1. The standard InChI is InChI=1S/C19H17N3O/c1-23-14-8-10-15-13(11-14)7-9-16-17(12-5-3-2-4-6-12)21-19(20)22-18(15)16/h2-6,8,10-11H,7,9H2,1H3,(H2,20,21,22). The van der Waals surface area contributed by atoms with E-state index in [1.807, 2.05) is 24.3 Å². The van der Waals surface area contributed by atoms with E-state index in [1.54, 1.807) is 7.11 Å². The van der Waals surface area contributed by atoms with Crippen LogP contribution in [0.5, 0.6) is 5.75 Å². The smallest absolute Gasteiger partial charge is 0.221 e. The van der Waals surface area contributed by atoms with Gasteiger partial charge in [0.1, 0.15) is 5.75 Å². The molecule has 3 aromatic rings. The number of ether oxygens (including phenoxy) is 1. The molecule has 0 unspecified atom stereocenters. The van der Waals surface area contributed by atoms with E-state index in [9.17, 15) is 0 Å².